The number of nitrogens with two attached hydrogens (primary N) is 1. The van der Waals surface area contributed by atoms with Crippen molar-refractivity contribution in [1.82, 2.24) is 5.43 Å². The summed E-state index contributed by atoms with van der Waals surface area (Å²) in [7, 11) is 0. The predicted octanol–water partition coefficient (Wildman–Crippen LogP) is 4.46. The van der Waals surface area contributed by atoms with E-state index in [0.29, 0.717) is 22.9 Å². The van der Waals surface area contributed by atoms with Crippen LogP contribution in [0, 0.1) is 17.2 Å². The van der Waals surface area contributed by atoms with Crippen LogP contribution in [0.3, 0.4) is 0 Å². The van der Waals surface area contributed by atoms with Crippen molar-refractivity contribution in [3.63, 3.8) is 0 Å². The minimum atomic E-state index is -0.236. The Morgan fingerprint density at radius 2 is 2.00 bits per heavy atom. The maximum atomic E-state index is 14.1. The van der Waals surface area contributed by atoms with Gasteiger partial charge in [-0.25, -0.2) is 4.39 Å². The van der Waals surface area contributed by atoms with Gasteiger partial charge < -0.3 is 0 Å². The summed E-state index contributed by atoms with van der Waals surface area (Å²) in [6.07, 6.45) is 6.45. The second-order valence-corrected chi connectivity index (χ2v) is 7.20. The minimum Gasteiger partial charge on any atom is -0.271 e. The van der Waals surface area contributed by atoms with Crippen LogP contribution in [0.1, 0.15) is 51.5 Å². The zero-order chi connectivity index (χ0) is 15.5. The molecule has 21 heavy (non-hydrogen) atoms. The summed E-state index contributed by atoms with van der Waals surface area (Å²) in [6, 6.07) is 4.93. The fourth-order valence-corrected chi connectivity index (χ4v) is 4.21. The second-order valence-electron chi connectivity index (χ2n) is 6.79. The van der Waals surface area contributed by atoms with Crippen molar-refractivity contribution in [2.24, 2.45) is 17.2 Å². The molecule has 0 amide bonds. The Kier molecular flexibility index (Phi) is 5.64. The van der Waals surface area contributed by atoms with Gasteiger partial charge in [-0.2, -0.15) is 0 Å². The van der Waals surface area contributed by atoms with Gasteiger partial charge in [0.25, 0.3) is 0 Å². The van der Waals surface area contributed by atoms with Crippen LogP contribution in [0.25, 0.3) is 0 Å². The summed E-state index contributed by atoms with van der Waals surface area (Å²) in [5.41, 5.74) is 3.71. The average molecular weight is 313 g/mol. The average Bonchev–Trinajstić information content (AvgIpc) is 2.87. The third-order valence-electron chi connectivity index (χ3n) is 4.82. The summed E-state index contributed by atoms with van der Waals surface area (Å²) in [5, 5.41) is 0.493. The van der Waals surface area contributed by atoms with Crippen LogP contribution in [-0.4, -0.2) is 6.04 Å². The molecule has 118 valence electrons. The van der Waals surface area contributed by atoms with E-state index in [4.69, 9.17) is 17.4 Å². The van der Waals surface area contributed by atoms with E-state index < -0.39 is 0 Å². The van der Waals surface area contributed by atoms with Crippen molar-refractivity contribution in [1.29, 1.82) is 0 Å². The van der Waals surface area contributed by atoms with Gasteiger partial charge in [0.05, 0.1) is 0 Å². The van der Waals surface area contributed by atoms with E-state index in [0.717, 1.165) is 19.3 Å². The van der Waals surface area contributed by atoms with E-state index in [1.807, 2.05) is 0 Å². The van der Waals surface area contributed by atoms with E-state index in [9.17, 15) is 4.39 Å². The molecule has 0 saturated heterocycles. The van der Waals surface area contributed by atoms with Crippen molar-refractivity contribution < 1.29 is 4.39 Å². The summed E-state index contributed by atoms with van der Waals surface area (Å²) in [5.74, 6) is 6.22. The van der Waals surface area contributed by atoms with Crippen molar-refractivity contribution >= 4 is 11.6 Å². The number of hydrogen-bond donors (Lipinski definition) is 2. The maximum Gasteiger partial charge on any atom is 0.127 e. The van der Waals surface area contributed by atoms with Crippen LogP contribution < -0.4 is 11.3 Å². The quantitative estimate of drug-likeness (QED) is 0.601. The van der Waals surface area contributed by atoms with Crippen LogP contribution in [0.15, 0.2) is 18.2 Å². The van der Waals surface area contributed by atoms with Gasteiger partial charge in [-0.05, 0) is 49.1 Å². The van der Waals surface area contributed by atoms with Gasteiger partial charge >= 0.3 is 0 Å². The standard InChI is InChI=1S/C17H26ClFN2/c1-12(2)11-17(8-3-4-9-17)16(21-20)10-13-14(18)6-5-7-15(13)19/h5-7,12,16,21H,3-4,8-11,20H2,1-2H3. The number of hydrogen-bond acceptors (Lipinski definition) is 2. The molecule has 2 nitrogen and oxygen atoms in total. The zero-order valence-corrected chi connectivity index (χ0v) is 13.7. The topological polar surface area (TPSA) is 38.0 Å². The van der Waals surface area contributed by atoms with E-state index >= 15 is 0 Å². The number of hydrazine groups is 1. The normalized spacial score (nSPS) is 19.1. The van der Waals surface area contributed by atoms with E-state index in [1.165, 1.54) is 18.9 Å². The molecule has 0 aliphatic heterocycles. The summed E-state index contributed by atoms with van der Waals surface area (Å²) in [6.45, 7) is 4.48. The highest BCUT2D eigenvalue weighted by molar-refractivity contribution is 6.31. The molecule has 0 spiro atoms. The zero-order valence-electron chi connectivity index (χ0n) is 13.0. The lowest BCUT2D eigenvalue weighted by Crippen LogP contribution is -2.49. The van der Waals surface area contributed by atoms with Gasteiger partial charge in [-0.1, -0.05) is 44.4 Å². The third-order valence-corrected chi connectivity index (χ3v) is 5.18. The molecule has 4 heteroatoms. The molecule has 1 aromatic carbocycles. The maximum absolute atomic E-state index is 14.1. The molecule has 1 saturated carbocycles. The van der Waals surface area contributed by atoms with Crippen LogP contribution in [0.4, 0.5) is 4.39 Å². The Morgan fingerprint density at radius 3 is 2.52 bits per heavy atom. The first-order valence-electron chi connectivity index (χ1n) is 7.87. The van der Waals surface area contributed by atoms with Gasteiger partial charge in [0.1, 0.15) is 5.82 Å². The van der Waals surface area contributed by atoms with Gasteiger partial charge in [0.15, 0.2) is 0 Å². The van der Waals surface area contributed by atoms with Gasteiger partial charge in [0.2, 0.25) is 0 Å². The molecule has 0 radical (unpaired) electrons. The van der Waals surface area contributed by atoms with E-state index in [1.54, 1.807) is 12.1 Å². The van der Waals surface area contributed by atoms with Crippen LogP contribution in [0.2, 0.25) is 5.02 Å². The first kappa shape index (κ1) is 16.7. The van der Waals surface area contributed by atoms with Gasteiger partial charge in [0, 0.05) is 16.6 Å². The monoisotopic (exact) mass is 312 g/mol. The Labute approximate surface area is 132 Å². The number of benzene rings is 1. The first-order valence-corrected chi connectivity index (χ1v) is 8.25. The van der Waals surface area contributed by atoms with Crippen molar-refractivity contribution in [3.8, 4) is 0 Å². The van der Waals surface area contributed by atoms with Crippen molar-refractivity contribution in [3.05, 3.63) is 34.6 Å². The highest BCUT2D eigenvalue weighted by Gasteiger charge is 2.41. The molecule has 1 atom stereocenters. The molecule has 0 aromatic heterocycles. The Bertz CT molecular complexity index is 450. The van der Waals surface area contributed by atoms with Gasteiger partial charge in [-0.15, -0.1) is 0 Å². The van der Waals surface area contributed by atoms with Crippen LogP contribution in [-0.2, 0) is 6.42 Å². The molecule has 0 bridgehead atoms. The van der Waals surface area contributed by atoms with Gasteiger partial charge in [-0.3, -0.25) is 11.3 Å². The molecule has 1 aromatic rings. The lowest BCUT2D eigenvalue weighted by atomic mass is 9.71. The molecule has 1 aliphatic rings. The minimum absolute atomic E-state index is 0.0665. The lowest BCUT2D eigenvalue weighted by Gasteiger charge is -2.39. The van der Waals surface area contributed by atoms with E-state index in [-0.39, 0.29) is 17.3 Å². The molecule has 0 heterocycles. The Balaban J connectivity index is 2.25. The molecular weight excluding hydrogens is 287 g/mol. The lowest BCUT2D eigenvalue weighted by molar-refractivity contribution is 0.153. The predicted molar refractivity (Wildman–Crippen MR) is 86.6 cm³/mol. The first-order chi connectivity index (χ1) is 9.98. The highest BCUT2D eigenvalue weighted by atomic mass is 35.5. The number of halogens is 2. The molecule has 1 aliphatic carbocycles. The molecular formula is C17H26ClFN2. The summed E-state index contributed by atoms with van der Waals surface area (Å²) >= 11 is 6.18. The van der Waals surface area contributed by atoms with Crippen molar-refractivity contribution in [2.75, 3.05) is 0 Å². The molecule has 2 rings (SSSR count). The number of rotatable bonds is 6. The molecule has 1 unspecified atom stereocenters. The highest BCUT2D eigenvalue weighted by Crippen LogP contribution is 2.47. The summed E-state index contributed by atoms with van der Waals surface area (Å²) in [4.78, 5) is 0. The van der Waals surface area contributed by atoms with Crippen molar-refractivity contribution in [2.45, 2.75) is 58.4 Å². The Morgan fingerprint density at radius 1 is 1.33 bits per heavy atom. The third kappa shape index (κ3) is 3.77. The largest absolute Gasteiger partial charge is 0.271 e. The SMILES string of the molecule is CC(C)CC1(C(Cc2c(F)cccc2Cl)NN)CCCC1. The fourth-order valence-electron chi connectivity index (χ4n) is 3.97. The molecule has 3 N–H and O–H groups in total. The fraction of sp³-hybridized carbons (Fsp3) is 0.647. The summed E-state index contributed by atoms with van der Waals surface area (Å²) < 4.78 is 14.1. The Hall–Kier alpha value is -0.640. The second kappa shape index (κ2) is 7.08. The number of nitrogens with one attached hydrogen (secondary N) is 1. The van der Waals surface area contributed by atoms with E-state index in [2.05, 4.69) is 19.3 Å². The smallest absolute Gasteiger partial charge is 0.127 e. The van der Waals surface area contributed by atoms with Crippen LogP contribution >= 0.6 is 11.6 Å². The molecule has 1 fully saturated rings. The van der Waals surface area contributed by atoms with Crippen LogP contribution in [0.5, 0.6) is 0 Å².